The highest BCUT2D eigenvalue weighted by Crippen LogP contribution is 2.34. The van der Waals surface area contributed by atoms with Gasteiger partial charge in [0.2, 0.25) is 0 Å². The first-order chi connectivity index (χ1) is 14.7. The summed E-state index contributed by atoms with van der Waals surface area (Å²) in [6.45, 7) is 2.75. The van der Waals surface area contributed by atoms with E-state index in [0.29, 0.717) is 24.2 Å². The second-order valence-electron chi connectivity index (χ2n) is 7.98. The molecule has 0 spiro atoms. The van der Waals surface area contributed by atoms with Crippen LogP contribution in [0.25, 0.3) is 10.8 Å². The van der Waals surface area contributed by atoms with Crippen molar-refractivity contribution in [2.45, 2.75) is 51.4 Å². The zero-order valence-electron chi connectivity index (χ0n) is 17.8. The second kappa shape index (κ2) is 11.1. The molecule has 0 fully saturated rings. The SMILES string of the molecule is NCCCCCCNc1ccc2c3c(cccc13)C(=O)N(CCCCCCN)C2=O. The Bertz CT molecular complexity index is 859. The van der Waals surface area contributed by atoms with Crippen molar-refractivity contribution in [2.75, 3.05) is 31.5 Å². The molecule has 3 rings (SSSR count). The molecule has 6 nitrogen and oxygen atoms in total. The molecule has 0 atom stereocenters. The Kier molecular flexibility index (Phi) is 8.22. The Morgan fingerprint density at radius 1 is 0.733 bits per heavy atom. The van der Waals surface area contributed by atoms with E-state index >= 15 is 0 Å². The van der Waals surface area contributed by atoms with E-state index in [1.165, 1.54) is 4.90 Å². The Hall–Kier alpha value is -2.44. The summed E-state index contributed by atoms with van der Waals surface area (Å²) in [5, 5.41) is 5.20. The second-order valence-corrected chi connectivity index (χ2v) is 7.98. The van der Waals surface area contributed by atoms with Crippen LogP contribution < -0.4 is 16.8 Å². The maximum absolute atomic E-state index is 13.1. The summed E-state index contributed by atoms with van der Waals surface area (Å²) < 4.78 is 0. The normalized spacial score (nSPS) is 13.3. The van der Waals surface area contributed by atoms with Crippen LogP contribution >= 0.6 is 0 Å². The lowest BCUT2D eigenvalue weighted by molar-refractivity contribution is 0.0608. The fourth-order valence-electron chi connectivity index (χ4n) is 4.12. The summed E-state index contributed by atoms with van der Waals surface area (Å²) >= 11 is 0. The van der Waals surface area contributed by atoms with Gasteiger partial charge in [-0.3, -0.25) is 14.5 Å². The molecule has 0 bridgehead atoms. The third kappa shape index (κ3) is 4.99. The van der Waals surface area contributed by atoms with Crippen molar-refractivity contribution in [2.24, 2.45) is 11.5 Å². The van der Waals surface area contributed by atoms with Crippen LogP contribution in [-0.4, -0.2) is 42.9 Å². The number of amides is 2. The van der Waals surface area contributed by atoms with E-state index < -0.39 is 0 Å². The first kappa shape index (κ1) is 22.2. The van der Waals surface area contributed by atoms with Crippen molar-refractivity contribution in [1.29, 1.82) is 0 Å². The van der Waals surface area contributed by atoms with Crippen LogP contribution in [-0.2, 0) is 0 Å². The van der Waals surface area contributed by atoms with Crippen molar-refractivity contribution in [1.82, 2.24) is 4.90 Å². The number of rotatable bonds is 13. The Morgan fingerprint density at radius 2 is 1.37 bits per heavy atom. The van der Waals surface area contributed by atoms with Gasteiger partial charge in [0.15, 0.2) is 0 Å². The quantitative estimate of drug-likeness (QED) is 0.343. The summed E-state index contributed by atoms with van der Waals surface area (Å²) in [7, 11) is 0. The third-order valence-electron chi connectivity index (χ3n) is 5.77. The van der Waals surface area contributed by atoms with Crippen LogP contribution in [0.4, 0.5) is 5.69 Å². The Labute approximate surface area is 179 Å². The molecule has 2 aromatic rings. The molecule has 2 aromatic carbocycles. The van der Waals surface area contributed by atoms with Gasteiger partial charge in [0.05, 0.1) is 0 Å². The summed E-state index contributed by atoms with van der Waals surface area (Å²) in [5.41, 5.74) is 13.3. The van der Waals surface area contributed by atoms with E-state index in [2.05, 4.69) is 5.32 Å². The zero-order valence-corrected chi connectivity index (χ0v) is 17.8. The van der Waals surface area contributed by atoms with Crippen molar-refractivity contribution >= 4 is 28.3 Å². The van der Waals surface area contributed by atoms with E-state index in [1.807, 2.05) is 30.3 Å². The van der Waals surface area contributed by atoms with Gasteiger partial charge in [0.25, 0.3) is 11.8 Å². The van der Waals surface area contributed by atoms with Gasteiger partial charge >= 0.3 is 0 Å². The van der Waals surface area contributed by atoms with Crippen LogP contribution in [0.5, 0.6) is 0 Å². The molecule has 2 amide bonds. The predicted molar refractivity (Wildman–Crippen MR) is 123 cm³/mol. The highest BCUT2D eigenvalue weighted by atomic mass is 16.2. The van der Waals surface area contributed by atoms with Crippen LogP contribution in [0.2, 0.25) is 0 Å². The van der Waals surface area contributed by atoms with Gasteiger partial charge in [-0.05, 0) is 57.0 Å². The lowest BCUT2D eigenvalue weighted by Gasteiger charge is -2.28. The Morgan fingerprint density at radius 3 is 2.07 bits per heavy atom. The molecule has 6 heteroatoms. The number of nitrogens with one attached hydrogen (secondary N) is 1. The van der Waals surface area contributed by atoms with Crippen LogP contribution in [0.15, 0.2) is 30.3 Å². The fourth-order valence-corrected chi connectivity index (χ4v) is 4.12. The van der Waals surface area contributed by atoms with Crippen molar-refractivity contribution in [3.8, 4) is 0 Å². The number of carbonyl (C=O) groups is 2. The molecule has 0 aliphatic carbocycles. The molecule has 0 radical (unpaired) electrons. The van der Waals surface area contributed by atoms with Crippen molar-refractivity contribution < 1.29 is 9.59 Å². The van der Waals surface area contributed by atoms with Gasteiger partial charge in [-0.15, -0.1) is 0 Å². The van der Waals surface area contributed by atoms with E-state index in [4.69, 9.17) is 11.5 Å². The number of imide groups is 1. The van der Waals surface area contributed by atoms with Gasteiger partial charge in [-0.1, -0.05) is 37.8 Å². The van der Waals surface area contributed by atoms with Crippen molar-refractivity contribution in [3.63, 3.8) is 0 Å². The molecule has 0 saturated carbocycles. The highest BCUT2D eigenvalue weighted by molar-refractivity contribution is 6.26. The lowest BCUT2D eigenvalue weighted by atomic mass is 9.92. The number of unbranched alkanes of at least 4 members (excludes halogenated alkanes) is 6. The zero-order chi connectivity index (χ0) is 21.3. The number of nitrogens with two attached hydrogens (primary N) is 2. The molecule has 0 unspecified atom stereocenters. The maximum Gasteiger partial charge on any atom is 0.261 e. The van der Waals surface area contributed by atoms with Gasteiger partial charge in [-0.25, -0.2) is 0 Å². The average Bonchev–Trinajstić information content (AvgIpc) is 2.76. The van der Waals surface area contributed by atoms with Gasteiger partial charge in [-0.2, -0.15) is 0 Å². The number of anilines is 1. The third-order valence-corrected chi connectivity index (χ3v) is 5.77. The molecule has 162 valence electrons. The largest absolute Gasteiger partial charge is 0.385 e. The fraction of sp³-hybridized carbons (Fsp3) is 0.500. The molecule has 0 saturated heterocycles. The van der Waals surface area contributed by atoms with Crippen LogP contribution in [0, 0.1) is 0 Å². The summed E-state index contributed by atoms with van der Waals surface area (Å²) in [5.74, 6) is -0.369. The molecule has 5 N–H and O–H groups in total. The molecule has 1 aliphatic heterocycles. The van der Waals surface area contributed by atoms with Gasteiger partial charge in [0.1, 0.15) is 0 Å². The molecule has 1 heterocycles. The lowest BCUT2D eigenvalue weighted by Crippen LogP contribution is -2.40. The van der Waals surface area contributed by atoms with E-state index in [9.17, 15) is 9.59 Å². The van der Waals surface area contributed by atoms with Crippen molar-refractivity contribution in [3.05, 3.63) is 41.5 Å². The molecule has 0 aromatic heterocycles. The van der Waals surface area contributed by atoms with Crippen LogP contribution in [0.1, 0.15) is 72.1 Å². The molecular weight excluding hydrogens is 376 g/mol. The summed E-state index contributed by atoms with van der Waals surface area (Å²) in [4.78, 5) is 27.5. The summed E-state index contributed by atoms with van der Waals surface area (Å²) in [6, 6.07) is 9.55. The minimum Gasteiger partial charge on any atom is -0.385 e. The number of benzene rings is 2. The monoisotopic (exact) mass is 410 g/mol. The number of hydrogen-bond donors (Lipinski definition) is 3. The van der Waals surface area contributed by atoms with Crippen LogP contribution in [0.3, 0.4) is 0 Å². The number of hydrogen-bond acceptors (Lipinski definition) is 5. The molecular formula is C24H34N4O2. The Balaban J connectivity index is 1.73. The minimum absolute atomic E-state index is 0.184. The number of nitrogens with zero attached hydrogens (tertiary/aromatic N) is 1. The first-order valence-electron chi connectivity index (χ1n) is 11.2. The first-order valence-corrected chi connectivity index (χ1v) is 11.2. The van der Waals surface area contributed by atoms with E-state index in [-0.39, 0.29) is 11.8 Å². The smallest absolute Gasteiger partial charge is 0.261 e. The van der Waals surface area contributed by atoms with E-state index in [1.54, 1.807) is 0 Å². The van der Waals surface area contributed by atoms with Gasteiger partial charge in [0, 0.05) is 40.7 Å². The van der Waals surface area contributed by atoms with Gasteiger partial charge < -0.3 is 16.8 Å². The highest BCUT2D eigenvalue weighted by Gasteiger charge is 2.32. The average molecular weight is 411 g/mol. The maximum atomic E-state index is 13.1. The topological polar surface area (TPSA) is 101 Å². The predicted octanol–water partition coefficient (Wildman–Crippen LogP) is 3.89. The number of carbonyl (C=O) groups excluding carboxylic acids is 2. The van der Waals surface area contributed by atoms with E-state index in [0.717, 1.165) is 80.9 Å². The summed E-state index contributed by atoms with van der Waals surface area (Å²) in [6.07, 6.45) is 8.21. The minimum atomic E-state index is -0.184. The standard InChI is InChI=1S/C24H34N4O2/c25-14-5-1-3-7-16-27-21-13-12-20-22-18(21)10-9-11-19(22)23(29)28(24(20)30)17-8-4-2-6-15-26/h9-13,27H,1-8,14-17,25-26H2. The molecule has 1 aliphatic rings. The molecule has 30 heavy (non-hydrogen) atoms.